The lowest BCUT2D eigenvalue weighted by Gasteiger charge is -2.13. The number of hydrogen-bond donors (Lipinski definition) is 0. The van der Waals surface area contributed by atoms with Crippen molar-refractivity contribution in [3.05, 3.63) is 62.5 Å². The average Bonchev–Trinajstić information content (AvgIpc) is 2.42. The smallest absolute Gasteiger partial charge is 0.121 e. The van der Waals surface area contributed by atoms with Crippen LogP contribution in [-0.4, -0.2) is 9.55 Å². The second-order valence-corrected chi connectivity index (χ2v) is 6.15. The fraction of sp³-hybridized carbons (Fsp3) is 0.125. The summed E-state index contributed by atoms with van der Waals surface area (Å²) < 4.78 is 2.59. The van der Waals surface area contributed by atoms with E-state index in [0.29, 0.717) is 20.2 Å². The molecule has 106 valence electrons. The lowest BCUT2D eigenvalue weighted by atomic mass is 10.2. The highest BCUT2D eigenvalue weighted by Crippen LogP contribution is 2.28. The molecule has 0 fully saturated rings. The first kappa shape index (κ1) is 14.5. The van der Waals surface area contributed by atoms with Gasteiger partial charge in [0, 0.05) is 16.1 Å². The minimum absolute atomic E-state index is 0.516. The van der Waals surface area contributed by atoms with Gasteiger partial charge in [-0.25, -0.2) is 4.98 Å². The minimum atomic E-state index is 0.516. The average molecular weight is 335 g/mol. The van der Waals surface area contributed by atoms with Gasteiger partial charge in [-0.15, -0.1) is 0 Å². The number of hydrogen-bond acceptors (Lipinski definition) is 2. The van der Waals surface area contributed by atoms with Gasteiger partial charge in [0.05, 0.1) is 10.5 Å². The predicted octanol–water partition coefficient (Wildman–Crippen LogP) is 5.68. The van der Waals surface area contributed by atoms with E-state index in [-0.39, 0.29) is 0 Å². The summed E-state index contributed by atoms with van der Waals surface area (Å²) in [6.45, 7) is 3.97. The van der Waals surface area contributed by atoms with Crippen LogP contribution in [0.15, 0.2) is 36.4 Å². The van der Waals surface area contributed by atoms with Crippen molar-refractivity contribution in [2.45, 2.75) is 13.8 Å². The third-order valence-corrected chi connectivity index (χ3v) is 4.26. The quantitative estimate of drug-likeness (QED) is 0.533. The topological polar surface area (TPSA) is 17.8 Å². The first-order valence-electron chi connectivity index (χ1n) is 6.43. The van der Waals surface area contributed by atoms with Gasteiger partial charge in [0.25, 0.3) is 0 Å². The van der Waals surface area contributed by atoms with Crippen LogP contribution in [0.4, 0.5) is 0 Å². The SMILES string of the molecule is Cc1ccc(-n2c(C)nc3c(Cl)cc(Cl)cc3c2=S)cc1. The molecule has 0 unspecified atom stereocenters. The largest absolute Gasteiger partial charge is 0.289 e. The summed E-state index contributed by atoms with van der Waals surface area (Å²) in [4.78, 5) is 4.58. The zero-order valence-corrected chi connectivity index (χ0v) is 13.9. The molecule has 3 aromatic rings. The van der Waals surface area contributed by atoms with Crippen LogP contribution in [0.3, 0.4) is 0 Å². The lowest BCUT2D eigenvalue weighted by Crippen LogP contribution is -2.05. The van der Waals surface area contributed by atoms with E-state index in [9.17, 15) is 0 Å². The van der Waals surface area contributed by atoms with Gasteiger partial charge in [-0.3, -0.25) is 4.57 Å². The second kappa shape index (κ2) is 5.41. The molecule has 2 nitrogen and oxygen atoms in total. The molecular weight excluding hydrogens is 323 g/mol. The van der Waals surface area contributed by atoms with Crippen molar-refractivity contribution in [3.8, 4) is 5.69 Å². The van der Waals surface area contributed by atoms with Crippen molar-refractivity contribution in [1.29, 1.82) is 0 Å². The molecule has 3 rings (SSSR count). The van der Waals surface area contributed by atoms with Crippen LogP contribution in [0, 0.1) is 18.5 Å². The van der Waals surface area contributed by atoms with E-state index < -0.39 is 0 Å². The van der Waals surface area contributed by atoms with E-state index in [1.54, 1.807) is 6.07 Å². The van der Waals surface area contributed by atoms with Gasteiger partial charge in [-0.05, 0) is 38.1 Å². The van der Waals surface area contributed by atoms with E-state index in [2.05, 4.69) is 4.98 Å². The minimum Gasteiger partial charge on any atom is -0.289 e. The Morgan fingerprint density at radius 1 is 1.05 bits per heavy atom. The van der Waals surface area contributed by atoms with E-state index >= 15 is 0 Å². The van der Waals surface area contributed by atoms with E-state index in [1.165, 1.54) is 5.56 Å². The van der Waals surface area contributed by atoms with E-state index in [1.807, 2.05) is 48.7 Å². The fourth-order valence-electron chi connectivity index (χ4n) is 2.32. The van der Waals surface area contributed by atoms with Gasteiger partial charge in [0.1, 0.15) is 10.5 Å². The molecule has 1 heterocycles. The van der Waals surface area contributed by atoms with Crippen molar-refractivity contribution < 1.29 is 0 Å². The Hall–Kier alpha value is -1.42. The lowest BCUT2D eigenvalue weighted by molar-refractivity contribution is 0.916. The molecule has 0 bridgehead atoms. The summed E-state index contributed by atoms with van der Waals surface area (Å²) in [6.07, 6.45) is 0. The number of fused-ring (bicyclic) bond motifs is 1. The molecule has 21 heavy (non-hydrogen) atoms. The monoisotopic (exact) mass is 334 g/mol. The van der Waals surface area contributed by atoms with Crippen molar-refractivity contribution in [1.82, 2.24) is 9.55 Å². The zero-order chi connectivity index (χ0) is 15.1. The summed E-state index contributed by atoms with van der Waals surface area (Å²) >= 11 is 17.9. The molecule has 0 spiro atoms. The van der Waals surface area contributed by atoms with Crippen LogP contribution in [0.25, 0.3) is 16.6 Å². The van der Waals surface area contributed by atoms with Crippen LogP contribution in [0.5, 0.6) is 0 Å². The zero-order valence-electron chi connectivity index (χ0n) is 11.5. The molecule has 0 amide bonds. The highest BCUT2D eigenvalue weighted by molar-refractivity contribution is 7.71. The first-order chi connectivity index (χ1) is 9.97. The summed E-state index contributed by atoms with van der Waals surface area (Å²) in [5.41, 5.74) is 2.86. The third-order valence-electron chi connectivity index (χ3n) is 3.35. The number of aryl methyl sites for hydroxylation is 2. The predicted molar refractivity (Wildman–Crippen MR) is 91.4 cm³/mol. The Kier molecular flexibility index (Phi) is 3.74. The standard InChI is InChI=1S/C16H12Cl2N2S/c1-9-3-5-12(6-4-9)20-10(2)19-15-13(16(20)21)7-11(17)8-14(15)18/h3-8H,1-2H3. The third kappa shape index (κ3) is 2.57. The Morgan fingerprint density at radius 2 is 1.71 bits per heavy atom. The van der Waals surface area contributed by atoms with E-state index in [0.717, 1.165) is 16.9 Å². The Morgan fingerprint density at radius 3 is 2.38 bits per heavy atom. The molecule has 5 heteroatoms. The fourth-order valence-corrected chi connectivity index (χ4v) is 3.25. The van der Waals surface area contributed by atoms with Crippen molar-refractivity contribution in [3.63, 3.8) is 0 Å². The van der Waals surface area contributed by atoms with Gasteiger partial charge in [-0.2, -0.15) is 0 Å². The highest BCUT2D eigenvalue weighted by atomic mass is 35.5. The Bertz CT molecular complexity index is 899. The van der Waals surface area contributed by atoms with Crippen molar-refractivity contribution in [2.75, 3.05) is 0 Å². The number of rotatable bonds is 1. The number of benzene rings is 2. The van der Waals surface area contributed by atoms with Crippen LogP contribution in [0.2, 0.25) is 10.0 Å². The molecular formula is C16H12Cl2N2S. The van der Waals surface area contributed by atoms with Gasteiger partial charge in [0.2, 0.25) is 0 Å². The van der Waals surface area contributed by atoms with E-state index in [4.69, 9.17) is 35.4 Å². The summed E-state index contributed by atoms with van der Waals surface area (Å²) in [5.74, 6) is 0.792. The summed E-state index contributed by atoms with van der Waals surface area (Å²) in [6, 6.07) is 11.6. The Labute approximate surface area is 138 Å². The normalized spacial score (nSPS) is 11.0. The maximum absolute atomic E-state index is 6.22. The van der Waals surface area contributed by atoms with Crippen LogP contribution in [-0.2, 0) is 0 Å². The summed E-state index contributed by atoms with van der Waals surface area (Å²) in [7, 11) is 0. The molecule has 0 radical (unpaired) electrons. The molecule has 2 aromatic carbocycles. The summed E-state index contributed by atoms with van der Waals surface area (Å²) in [5, 5.41) is 1.86. The van der Waals surface area contributed by atoms with Crippen LogP contribution in [0.1, 0.15) is 11.4 Å². The molecule has 0 saturated carbocycles. The molecule has 0 saturated heterocycles. The maximum atomic E-state index is 6.22. The highest BCUT2D eigenvalue weighted by Gasteiger charge is 2.10. The second-order valence-electron chi connectivity index (χ2n) is 4.92. The number of aromatic nitrogens is 2. The van der Waals surface area contributed by atoms with Gasteiger partial charge < -0.3 is 0 Å². The molecule has 0 aliphatic heterocycles. The maximum Gasteiger partial charge on any atom is 0.121 e. The van der Waals surface area contributed by atoms with Crippen LogP contribution < -0.4 is 0 Å². The van der Waals surface area contributed by atoms with Crippen molar-refractivity contribution >= 4 is 46.3 Å². The molecule has 0 atom stereocenters. The van der Waals surface area contributed by atoms with Gasteiger partial charge >= 0.3 is 0 Å². The number of halogens is 2. The number of nitrogens with zero attached hydrogens (tertiary/aromatic N) is 2. The molecule has 0 aliphatic carbocycles. The first-order valence-corrected chi connectivity index (χ1v) is 7.59. The van der Waals surface area contributed by atoms with Crippen molar-refractivity contribution in [2.24, 2.45) is 0 Å². The molecule has 0 N–H and O–H groups in total. The molecule has 1 aromatic heterocycles. The van der Waals surface area contributed by atoms with Gasteiger partial charge in [0.15, 0.2) is 0 Å². The Balaban J connectivity index is 2.39. The van der Waals surface area contributed by atoms with Gasteiger partial charge in [-0.1, -0.05) is 53.1 Å². The van der Waals surface area contributed by atoms with Crippen LogP contribution >= 0.6 is 35.4 Å². The molecule has 0 aliphatic rings.